The van der Waals surface area contributed by atoms with Gasteiger partial charge in [-0.15, -0.1) is 11.3 Å². The number of hydrogen-bond donors (Lipinski definition) is 0. The second-order valence-corrected chi connectivity index (χ2v) is 12.0. The van der Waals surface area contributed by atoms with Gasteiger partial charge in [-0.05, 0) is 59.5 Å². The zero-order valence-electron chi connectivity index (χ0n) is 23.2. The normalized spacial score (nSPS) is 11.7. The average molecular weight is 568 g/mol. The molecule has 2 nitrogen and oxygen atoms in total. The fourth-order valence-electron chi connectivity index (χ4n) is 6.60. The van der Waals surface area contributed by atoms with Crippen molar-refractivity contribution < 1.29 is 4.42 Å². The van der Waals surface area contributed by atoms with Gasteiger partial charge in [-0.3, -0.25) is 0 Å². The lowest BCUT2D eigenvalue weighted by atomic mass is 9.96. The number of para-hydroxylation sites is 2. The van der Waals surface area contributed by atoms with E-state index in [0.29, 0.717) is 0 Å². The smallest absolute Gasteiger partial charge is 0.143 e. The summed E-state index contributed by atoms with van der Waals surface area (Å²) in [5, 5.41) is 7.15. The molecule has 9 rings (SSSR count). The fourth-order valence-corrected chi connectivity index (χ4v) is 7.73. The number of benzene rings is 7. The third-order valence-electron chi connectivity index (χ3n) is 8.46. The molecule has 0 unspecified atom stereocenters. The maximum atomic E-state index is 6.61. The number of anilines is 3. The summed E-state index contributed by atoms with van der Waals surface area (Å²) in [7, 11) is 0. The van der Waals surface area contributed by atoms with Gasteiger partial charge >= 0.3 is 0 Å². The Balaban J connectivity index is 1.37. The van der Waals surface area contributed by atoms with Crippen LogP contribution in [0.1, 0.15) is 0 Å². The summed E-state index contributed by atoms with van der Waals surface area (Å²) >= 11 is 1.86. The molecule has 0 atom stereocenters. The molecule has 43 heavy (non-hydrogen) atoms. The molecule has 0 saturated carbocycles. The maximum absolute atomic E-state index is 6.61. The first-order chi connectivity index (χ1) is 21.3. The van der Waals surface area contributed by atoms with Crippen LogP contribution in [0.3, 0.4) is 0 Å². The van der Waals surface area contributed by atoms with Crippen molar-refractivity contribution in [2.75, 3.05) is 4.90 Å². The van der Waals surface area contributed by atoms with E-state index in [0.717, 1.165) is 44.4 Å². The Kier molecular flexibility index (Phi) is 5.40. The molecule has 202 valence electrons. The van der Waals surface area contributed by atoms with Crippen LogP contribution in [-0.4, -0.2) is 0 Å². The molecule has 2 heterocycles. The van der Waals surface area contributed by atoms with Crippen molar-refractivity contribution in [1.82, 2.24) is 0 Å². The van der Waals surface area contributed by atoms with Crippen LogP contribution in [-0.2, 0) is 0 Å². The van der Waals surface area contributed by atoms with Crippen LogP contribution in [0.5, 0.6) is 0 Å². The van der Waals surface area contributed by atoms with Gasteiger partial charge < -0.3 is 9.32 Å². The Bertz CT molecular complexity index is 2470. The van der Waals surface area contributed by atoms with E-state index < -0.39 is 0 Å². The summed E-state index contributed by atoms with van der Waals surface area (Å²) in [4.78, 5) is 2.40. The van der Waals surface area contributed by atoms with E-state index in [1.165, 1.54) is 36.7 Å². The van der Waals surface area contributed by atoms with E-state index in [9.17, 15) is 0 Å². The Morgan fingerprint density at radius 1 is 0.442 bits per heavy atom. The molecule has 0 aliphatic carbocycles. The number of hydrogen-bond acceptors (Lipinski definition) is 3. The van der Waals surface area contributed by atoms with Gasteiger partial charge in [0.05, 0.1) is 16.8 Å². The lowest BCUT2D eigenvalue weighted by Crippen LogP contribution is -2.11. The first kappa shape index (κ1) is 24.2. The number of thiophene rings is 1. The van der Waals surface area contributed by atoms with Crippen LogP contribution in [0.15, 0.2) is 156 Å². The van der Waals surface area contributed by atoms with Crippen LogP contribution in [0.4, 0.5) is 17.1 Å². The van der Waals surface area contributed by atoms with Crippen LogP contribution in [0, 0.1) is 0 Å². The summed E-state index contributed by atoms with van der Waals surface area (Å²) in [6.07, 6.45) is 0. The standard InChI is InChI=1S/C40H25NOS/c1-2-13-27(14-3-1)41(34-20-11-21-35-39(34)32-25-24-26-12-4-5-15-28(26)40(32)42-35)33-19-8-6-16-29(33)30-18-10-23-37-38(30)31-17-7-9-22-36(31)43-37/h1-25H. The maximum Gasteiger partial charge on any atom is 0.143 e. The number of furan rings is 1. The third-order valence-corrected chi connectivity index (χ3v) is 9.59. The summed E-state index contributed by atoms with van der Waals surface area (Å²) in [6.45, 7) is 0. The second kappa shape index (κ2) is 9.59. The van der Waals surface area contributed by atoms with Crippen molar-refractivity contribution >= 4 is 81.3 Å². The van der Waals surface area contributed by atoms with E-state index in [1.807, 2.05) is 11.3 Å². The topological polar surface area (TPSA) is 16.4 Å². The van der Waals surface area contributed by atoms with Gasteiger partial charge in [-0.25, -0.2) is 0 Å². The molecule has 3 heteroatoms. The first-order valence-electron chi connectivity index (χ1n) is 14.5. The quantitative estimate of drug-likeness (QED) is 0.210. The molecule has 2 aromatic heterocycles. The lowest BCUT2D eigenvalue weighted by Gasteiger charge is -2.28. The number of fused-ring (bicyclic) bond motifs is 8. The van der Waals surface area contributed by atoms with Gasteiger partial charge in [0.15, 0.2) is 0 Å². The minimum Gasteiger partial charge on any atom is -0.455 e. The van der Waals surface area contributed by atoms with E-state index in [1.54, 1.807) is 0 Å². The summed E-state index contributed by atoms with van der Waals surface area (Å²) in [5.74, 6) is 0. The van der Waals surface area contributed by atoms with E-state index in [4.69, 9.17) is 4.42 Å². The zero-order valence-corrected chi connectivity index (χ0v) is 24.0. The number of rotatable bonds is 4. The molecule has 0 radical (unpaired) electrons. The van der Waals surface area contributed by atoms with Crippen molar-refractivity contribution in [1.29, 1.82) is 0 Å². The Labute approximate surface area is 252 Å². The largest absolute Gasteiger partial charge is 0.455 e. The third kappa shape index (κ3) is 3.72. The van der Waals surface area contributed by atoms with E-state index >= 15 is 0 Å². The highest BCUT2D eigenvalue weighted by Gasteiger charge is 2.23. The van der Waals surface area contributed by atoms with Gasteiger partial charge in [0.2, 0.25) is 0 Å². The van der Waals surface area contributed by atoms with Crippen molar-refractivity contribution in [2.24, 2.45) is 0 Å². The molecular formula is C40H25NOS. The molecule has 0 aliphatic heterocycles. The molecule has 0 fully saturated rings. The Morgan fingerprint density at radius 2 is 1.14 bits per heavy atom. The highest BCUT2D eigenvalue weighted by Crippen LogP contribution is 2.48. The van der Waals surface area contributed by atoms with Crippen LogP contribution in [0.25, 0.3) is 64.0 Å². The van der Waals surface area contributed by atoms with E-state index in [-0.39, 0.29) is 0 Å². The van der Waals surface area contributed by atoms with Crippen molar-refractivity contribution in [3.63, 3.8) is 0 Å². The molecule has 9 aromatic rings. The molecule has 0 bridgehead atoms. The minimum absolute atomic E-state index is 0.883. The number of nitrogens with zero attached hydrogens (tertiary/aromatic N) is 1. The lowest BCUT2D eigenvalue weighted by molar-refractivity contribution is 0.672. The SMILES string of the molecule is c1ccc(N(c2ccccc2-c2cccc3sc4ccccc4c23)c2cccc3oc4c5ccccc5ccc4c23)cc1. The molecule has 0 spiro atoms. The highest BCUT2D eigenvalue weighted by atomic mass is 32.1. The van der Waals surface area contributed by atoms with Crippen LogP contribution < -0.4 is 4.90 Å². The van der Waals surface area contributed by atoms with Gasteiger partial charge in [0.25, 0.3) is 0 Å². The summed E-state index contributed by atoms with van der Waals surface area (Å²) < 4.78 is 9.22. The van der Waals surface area contributed by atoms with E-state index in [2.05, 4.69) is 157 Å². The predicted octanol–water partition coefficient (Wildman–Crippen LogP) is 12.2. The van der Waals surface area contributed by atoms with Crippen molar-refractivity contribution in [2.45, 2.75) is 0 Å². The van der Waals surface area contributed by atoms with Gasteiger partial charge in [-0.2, -0.15) is 0 Å². The molecule has 7 aromatic carbocycles. The first-order valence-corrected chi connectivity index (χ1v) is 15.3. The monoisotopic (exact) mass is 567 g/mol. The summed E-state index contributed by atoms with van der Waals surface area (Å²) in [6, 6.07) is 54.2. The van der Waals surface area contributed by atoms with Crippen LogP contribution in [0.2, 0.25) is 0 Å². The van der Waals surface area contributed by atoms with Crippen molar-refractivity contribution in [3.05, 3.63) is 152 Å². The Hall–Kier alpha value is -5.38. The van der Waals surface area contributed by atoms with Crippen molar-refractivity contribution in [3.8, 4) is 11.1 Å². The van der Waals surface area contributed by atoms with Gasteiger partial charge in [0, 0.05) is 42.2 Å². The molecule has 0 N–H and O–H groups in total. The van der Waals surface area contributed by atoms with Gasteiger partial charge in [-0.1, -0.05) is 103 Å². The fraction of sp³-hybridized carbons (Fsp3) is 0. The second-order valence-electron chi connectivity index (χ2n) is 10.9. The minimum atomic E-state index is 0.883. The summed E-state index contributed by atoms with van der Waals surface area (Å²) in [5.41, 5.74) is 7.55. The molecule has 0 aliphatic rings. The zero-order chi connectivity index (χ0) is 28.3. The predicted molar refractivity (Wildman–Crippen MR) is 184 cm³/mol. The van der Waals surface area contributed by atoms with Gasteiger partial charge in [0.1, 0.15) is 11.2 Å². The Morgan fingerprint density at radius 3 is 2.07 bits per heavy atom. The molecule has 0 amide bonds. The highest BCUT2D eigenvalue weighted by molar-refractivity contribution is 7.25. The molecular weight excluding hydrogens is 543 g/mol. The average Bonchev–Trinajstić information content (AvgIpc) is 3.65. The molecule has 0 saturated heterocycles. The van der Waals surface area contributed by atoms with Crippen LogP contribution >= 0.6 is 11.3 Å².